The Morgan fingerprint density at radius 1 is 1.04 bits per heavy atom. The van der Waals surface area contributed by atoms with E-state index in [0.29, 0.717) is 26.0 Å². The van der Waals surface area contributed by atoms with Crippen molar-refractivity contribution in [2.75, 3.05) is 6.61 Å². The van der Waals surface area contributed by atoms with Crippen molar-refractivity contribution in [1.29, 1.82) is 0 Å². The number of hydrogen-bond donors (Lipinski definition) is 2. The molecule has 3 rings (SSSR count). The van der Waals surface area contributed by atoms with E-state index in [2.05, 4.69) is 5.32 Å². The SMILES string of the molecule is O=C1C[C@H](N(Cc2ccccc2)OCc2ccccc2)C[C@@H](CO)N1. The molecule has 0 aromatic heterocycles. The number of nitrogens with one attached hydrogen (secondary N) is 1. The fourth-order valence-electron chi connectivity index (χ4n) is 3.09. The molecule has 132 valence electrons. The minimum absolute atomic E-state index is 0.0447. The fraction of sp³-hybridized carbons (Fsp3) is 0.350. The lowest BCUT2D eigenvalue weighted by molar-refractivity contribution is -0.210. The third kappa shape index (κ3) is 5.13. The van der Waals surface area contributed by atoms with Crippen molar-refractivity contribution in [3.63, 3.8) is 0 Å². The molecule has 0 radical (unpaired) electrons. The van der Waals surface area contributed by atoms with E-state index in [9.17, 15) is 9.90 Å². The van der Waals surface area contributed by atoms with E-state index in [1.807, 2.05) is 65.7 Å². The molecule has 2 N–H and O–H groups in total. The molecule has 0 aliphatic carbocycles. The van der Waals surface area contributed by atoms with Gasteiger partial charge in [-0.2, -0.15) is 5.06 Å². The van der Waals surface area contributed by atoms with E-state index in [1.165, 1.54) is 0 Å². The van der Waals surface area contributed by atoms with Crippen LogP contribution >= 0.6 is 0 Å². The average Bonchev–Trinajstić information content (AvgIpc) is 2.66. The fourth-order valence-corrected chi connectivity index (χ4v) is 3.09. The predicted octanol–water partition coefficient (Wildman–Crippen LogP) is 2.26. The van der Waals surface area contributed by atoms with Gasteiger partial charge in [-0.3, -0.25) is 9.63 Å². The summed E-state index contributed by atoms with van der Waals surface area (Å²) in [5, 5.41) is 14.1. The number of nitrogens with zero attached hydrogens (tertiary/aromatic N) is 1. The van der Waals surface area contributed by atoms with Gasteiger partial charge in [0.1, 0.15) is 0 Å². The Hall–Kier alpha value is -2.21. The molecule has 25 heavy (non-hydrogen) atoms. The van der Waals surface area contributed by atoms with Gasteiger partial charge in [0.05, 0.1) is 19.3 Å². The van der Waals surface area contributed by atoms with Crippen LogP contribution in [0.2, 0.25) is 0 Å². The highest BCUT2D eigenvalue weighted by atomic mass is 16.7. The molecule has 2 atom stereocenters. The largest absolute Gasteiger partial charge is 0.394 e. The Morgan fingerprint density at radius 3 is 2.32 bits per heavy atom. The number of rotatable bonds is 7. The summed E-state index contributed by atoms with van der Waals surface area (Å²) in [5.74, 6) is -0.0447. The van der Waals surface area contributed by atoms with Gasteiger partial charge < -0.3 is 10.4 Å². The van der Waals surface area contributed by atoms with E-state index in [-0.39, 0.29) is 24.6 Å². The zero-order valence-electron chi connectivity index (χ0n) is 14.2. The number of carbonyl (C=O) groups is 1. The van der Waals surface area contributed by atoms with Gasteiger partial charge in [-0.05, 0) is 17.5 Å². The summed E-state index contributed by atoms with van der Waals surface area (Å²) < 4.78 is 0. The van der Waals surface area contributed by atoms with Gasteiger partial charge >= 0.3 is 0 Å². The molecular formula is C20H24N2O3. The van der Waals surface area contributed by atoms with E-state index in [0.717, 1.165) is 11.1 Å². The van der Waals surface area contributed by atoms with E-state index in [4.69, 9.17) is 4.84 Å². The minimum Gasteiger partial charge on any atom is -0.394 e. The Balaban J connectivity index is 1.72. The van der Waals surface area contributed by atoms with Crippen molar-refractivity contribution >= 4 is 5.91 Å². The first kappa shape index (κ1) is 17.6. The highest BCUT2D eigenvalue weighted by Crippen LogP contribution is 2.20. The quantitative estimate of drug-likeness (QED) is 0.759. The maximum Gasteiger partial charge on any atom is 0.221 e. The molecule has 1 aliphatic heterocycles. The van der Waals surface area contributed by atoms with Crippen LogP contribution in [-0.4, -0.2) is 34.8 Å². The normalized spacial score (nSPS) is 20.5. The summed E-state index contributed by atoms with van der Waals surface area (Å²) in [6, 6.07) is 19.8. The lowest BCUT2D eigenvalue weighted by Gasteiger charge is -2.36. The van der Waals surface area contributed by atoms with Crippen LogP contribution in [0.15, 0.2) is 60.7 Å². The van der Waals surface area contributed by atoms with Crippen molar-refractivity contribution in [2.45, 2.75) is 38.1 Å². The number of hydroxylamine groups is 2. The molecule has 1 fully saturated rings. The topological polar surface area (TPSA) is 61.8 Å². The van der Waals surface area contributed by atoms with Crippen molar-refractivity contribution in [2.24, 2.45) is 0 Å². The maximum atomic E-state index is 12.0. The van der Waals surface area contributed by atoms with Gasteiger partial charge in [-0.1, -0.05) is 60.7 Å². The van der Waals surface area contributed by atoms with E-state index >= 15 is 0 Å². The summed E-state index contributed by atoms with van der Waals surface area (Å²) in [6.45, 7) is 0.999. The van der Waals surface area contributed by atoms with Crippen LogP contribution in [0.25, 0.3) is 0 Å². The number of aliphatic hydroxyl groups is 1. The first-order chi connectivity index (χ1) is 12.2. The van der Waals surface area contributed by atoms with Crippen LogP contribution < -0.4 is 5.32 Å². The second kappa shape index (κ2) is 8.76. The van der Waals surface area contributed by atoms with Gasteiger partial charge in [0.2, 0.25) is 5.91 Å². The highest BCUT2D eigenvalue weighted by molar-refractivity contribution is 5.77. The number of aliphatic hydroxyl groups excluding tert-OH is 1. The molecule has 1 aliphatic rings. The molecule has 0 unspecified atom stereocenters. The van der Waals surface area contributed by atoms with Crippen LogP contribution in [0.5, 0.6) is 0 Å². The molecule has 1 amide bonds. The molecule has 0 spiro atoms. The Morgan fingerprint density at radius 2 is 1.68 bits per heavy atom. The Labute approximate surface area is 148 Å². The van der Waals surface area contributed by atoms with Crippen LogP contribution in [0.3, 0.4) is 0 Å². The zero-order chi connectivity index (χ0) is 17.5. The molecule has 2 aromatic carbocycles. The first-order valence-corrected chi connectivity index (χ1v) is 8.62. The molecule has 1 saturated heterocycles. The zero-order valence-corrected chi connectivity index (χ0v) is 14.2. The number of amides is 1. The van der Waals surface area contributed by atoms with Gasteiger partial charge in [0, 0.05) is 19.0 Å². The van der Waals surface area contributed by atoms with E-state index < -0.39 is 0 Å². The number of benzene rings is 2. The number of hydrogen-bond acceptors (Lipinski definition) is 4. The van der Waals surface area contributed by atoms with Crippen molar-refractivity contribution in [3.05, 3.63) is 71.8 Å². The average molecular weight is 340 g/mol. The van der Waals surface area contributed by atoms with Crippen LogP contribution in [-0.2, 0) is 22.8 Å². The Bertz CT molecular complexity index is 663. The molecule has 5 heteroatoms. The van der Waals surface area contributed by atoms with Crippen molar-refractivity contribution in [3.8, 4) is 0 Å². The summed E-state index contributed by atoms with van der Waals surface area (Å²) >= 11 is 0. The monoisotopic (exact) mass is 340 g/mol. The second-order valence-corrected chi connectivity index (χ2v) is 6.36. The third-order valence-corrected chi connectivity index (χ3v) is 4.39. The molecule has 0 saturated carbocycles. The van der Waals surface area contributed by atoms with Gasteiger partial charge in [0.25, 0.3) is 0 Å². The smallest absolute Gasteiger partial charge is 0.221 e. The van der Waals surface area contributed by atoms with Crippen LogP contribution in [0.4, 0.5) is 0 Å². The van der Waals surface area contributed by atoms with Crippen LogP contribution in [0, 0.1) is 0 Å². The van der Waals surface area contributed by atoms with Crippen LogP contribution in [0.1, 0.15) is 24.0 Å². The summed E-state index contributed by atoms with van der Waals surface area (Å²) in [5.41, 5.74) is 2.21. The first-order valence-electron chi connectivity index (χ1n) is 8.62. The number of piperidine rings is 1. The van der Waals surface area contributed by atoms with E-state index in [1.54, 1.807) is 0 Å². The minimum atomic E-state index is -0.218. The number of carbonyl (C=O) groups excluding carboxylic acids is 1. The maximum absolute atomic E-state index is 12.0. The van der Waals surface area contributed by atoms with Gasteiger partial charge in [-0.15, -0.1) is 0 Å². The lowest BCUT2D eigenvalue weighted by atomic mass is 9.98. The third-order valence-electron chi connectivity index (χ3n) is 4.39. The molecule has 1 heterocycles. The molecule has 5 nitrogen and oxygen atoms in total. The lowest BCUT2D eigenvalue weighted by Crippen LogP contribution is -2.51. The highest BCUT2D eigenvalue weighted by Gasteiger charge is 2.31. The second-order valence-electron chi connectivity index (χ2n) is 6.36. The van der Waals surface area contributed by atoms with Gasteiger partial charge in [0.15, 0.2) is 0 Å². The molecule has 2 aromatic rings. The van der Waals surface area contributed by atoms with Crippen molar-refractivity contribution < 1.29 is 14.7 Å². The predicted molar refractivity (Wildman–Crippen MR) is 95.3 cm³/mol. The summed E-state index contributed by atoms with van der Waals surface area (Å²) in [7, 11) is 0. The van der Waals surface area contributed by atoms with Crippen molar-refractivity contribution in [1.82, 2.24) is 10.4 Å². The summed E-state index contributed by atoms with van der Waals surface area (Å²) in [4.78, 5) is 18.1. The molecule has 0 bridgehead atoms. The van der Waals surface area contributed by atoms with Gasteiger partial charge in [-0.25, -0.2) is 0 Å². The molecular weight excluding hydrogens is 316 g/mol. The summed E-state index contributed by atoms with van der Waals surface area (Å²) in [6.07, 6.45) is 1.04. The Kier molecular flexibility index (Phi) is 6.17. The standard InChI is InChI=1S/C20H24N2O3/c23-14-18-11-19(12-20(24)21-18)22(13-16-7-3-1-4-8-16)25-15-17-9-5-2-6-10-17/h1-10,18-19,23H,11-15H2,(H,21,24)/t18-,19+/m0/s1.